The Morgan fingerprint density at radius 2 is 1.92 bits per heavy atom. The number of aromatic nitrogens is 2. The molecule has 0 aliphatic carbocycles. The van der Waals surface area contributed by atoms with Crippen molar-refractivity contribution in [3.05, 3.63) is 41.2 Å². The van der Waals surface area contributed by atoms with E-state index in [1.807, 2.05) is 24.3 Å². The highest BCUT2D eigenvalue weighted by Crippen LogP contribution is 2.36. The zero-order chi connectivity index (χ0) is 18.7. The third kappa shape index (κ3) is 2.64. The van der Waals surface area contributed by atoms with Crippen LogP contribution in [0, 0.1) is 13.8 Å². The normalized spacial score (nSPS) is 21.9. The standard InChI is InChI=1S/C17H21N3O4S2/c1-12-17(13(2)20(18-12)15-8-10-25(21,22)11-15)26(23,24)19-9-7-14-5-3-4-6-16(14)19/h3-6,15H,7-11H2,1-2H3/t15-/m0/s1. The molecule has 9 heteroatoms. The van der Waals surface area contributed by atoms with Crippen molar-refractivity contribution < 1.29 is 16.8 Å². The summed E-state index contributed by atoms with van der Waals surface area (Å²) in [6, 6.07) is 7.20. The number of hydrogen-bond acceptors (Lipinski definition) is 5. The highest BCUT2D eigenvalue weighted by atomic mass is 32.2. The van der Waals surface area contributed by atoms with Gasteiger partial charge in [-0.3, -0.25) is 8.99 Å². The summed E-state index contributed by atoms with van der Waals surface area (Å²) in [5.41, 5.74) is 2.65. The first-order chi connectivity index (χ1) is 12.2. The van der Waals surface area contributed by atoms with Crippen molar-refractivity contribution in [3.8, 4) is 0 Å². The third-order valence-electron chi connectivity index (χ3n) is 5.21. The van der Waals surface area contributed by atoms with Gasteiger partial charge in [-0.1, -0.05) is 18.2 Å². The van der Waals surface area contributed by atoms with Crippen molar-refractivity contribution in [1.82, 2.24) is 9.78 Å². The number of fused-ring (bicyclic) bond motifs is 1. The number of nitrogens with zero attached hydrogens (tertiary/aromatic N) is 3. The Morgan fingerprint density at radius 1 is 1.19 bits per heavy atom. The lowest BCUT2D eigenvalue weighted by Gasteiger charge is -2.20. The molecule has 26 heavy (non-hydrogen) atoms. The average Bonchev–Trinajstić information content (AvgIpc) is 3.23. The zero-order valence-electron chi connectivity index (χ0n) is 14.7. The van der Waals surface area contributed by atoms with Crippen LogP contribution in [-0.4, -0.2) is 44.7 Å². The maximum atomic E-state index is 13.3. The van der Waals surface area contributed by atoms with Crippen molar-refractivity contribution in [2.24, 2.45) is 0 Å². The predicted molar refractivity (Wildman–Crippen MR) is 98.7 cm³/mol. The lowest BCUT2D eigenvalue weighted by Crippen LogP contribution is -2.30. The van der Waals surface area contributed by atoms with Gasteiger partial charge in [0.25, 0.3) is 10.0 Å². The fraction of sp³-hybridized carbons (Fsp3) is 0.471. The van der Waals surface area contributed by atoms with Crippen LogP contribution in [0.3, 0.4) is 0 Å². The summed E-state index contributed by atoms with van der Waals surface area (Å²) in [5.74, 6) is 0.137. The van der Waals surface area contributed by atoms with Crippen molar-refractivity contribution >= 4 is 25.5 Å². The maximum absolute atomic E-state index is 13.3. The Kier molecular flexibility index (Phi) is 3.92. The summed E-state index contributed by atoms with van der Waals surface area (Å²) < 4.78 is 53.3. The van der Waals surface area contributed by atoms with Crippen LogP contribution in [0.2, 0.25) is 0 Å². The lowest BCUT2D eigenvalue weighted by atomic mass is 10.2. The number of anilines is 1. The molecule has 4 rings (SSSR count). The highest BCUT2D eigenvalue weighted by Gasteiger charge is 2.37. The molecular formula is C17H21N3O4S2. The number of hydrogen-bond donors (Lipinski definition) is 0. The van der Waals surface area contributed by atoms with Gasteiger partial charge in [-0.05, 0) is 38.3 Å². The van der Waals surface area contributed by atoms with E-state index in [2.05, 4.69) is 5.10 Å². The molecule has 1 aromatic heterocycles. The number of sulfonamides is 1. The molecule has 1 fully saturated rings. The van der Waals surface area contributed by atoms with Crippen LogP contribution in [0.15, 0.2) is 29.2 Å². The molecule has 0 radical (unpaired) electrons. The van der Waals surface area contributed by atoms with Gasteiger partial charge < -0.3 is 0 Å². The number of benzene rings is 1. The second-order valence-electron chi connectivity index (χ2n) is 6.96. The van der Waals surface area contributed by atoms with Crippen LogP contribution in [0.25, 0.3) is 0 Å². The lowest BCUT2D eigenvalue weighted by molar-refractivity contribution is 0.484. The Labute approximate surface area is 153 Å². The average molecular weight is 396 g/mol. The molecule has 0 saturated carbocycles. The first-order valence-electron chi connectivity index (χ1n) is 8.57. The summed E-state index contributed by atoms with van der Waals surface area (Å²) in [6.07, 6.45) is 1.15. The molecule has 2 aromatic rings. The number of para-hydroxylation sites is 1. The Hall–Kier alpha value is -1.87. The van der Waals surface area contributed by atoms with E-state index in [9.17, 15) is 16.8 Å². The fourth-order valence-corrected chi connectivity index (χ4v) is 7.57. The van der Waals surface area contributed by atoms with E-state index >= 15 is 0 Å². The van der Waals surface area contributed by atoms with E-state index in [1.54, 1.807) is 18.5 Å². The smallest absolute Gasteiger partial charge is 0.266 e. The third-order valence-corrected chi connectivity index (χ3v) is 9.02. The minimum atomic E-state index is -3.75. The first-order valence-corrected chi connectivity index (χ1v) is 11.8. The van der Waals surface area contributed by atoms with E-state index in [4.69, 9.17) is 0 Å². The molecule has 2 aliphatic heterocycles. The largest absolute Gasteiger partial charge is 0.268 e. The van der Waals surface area contributed by atoms with Gasteiger partial charge in [0.2, 0.25) is 0 Å². The molecule has 140 valence electrons. The van der Waals surface area contributed by atoms with E-state index in [0.717, 1.165) is 5.56 Å². The SMILES string of the molecule is Cc1nn([C@H]2CCS(=O)(=O)C2)c(C)c1S(=O)(=O)N1CCc2ccccc21. The molecule has 1 saturated heterocycles. The number of aryl methyl sites for hydroxylation is 1. The summed E-state index contributed by atoms with van der Waals surface area (Å²) in [6.45, 7) is 3.78. The topological polar surface area (TPSA) is 89.3 Å². The van der Waals surface area contributed by atoms with Gasteiger partial charge in [-0.2, -0.15) is 5.10 Å². The van der Waals surface area contributed by atoms with Crippen LogP contribution in [0.1, 0.15) is 29.4 Å². The van der Waals surface area contributed by atoms with Gasteiger partial charge in [-0.15, -0.1) is 0 Å². The second kappa shape index (κ2) is 5.82. The molecule has 2 aliphatic rings. The minimum Gasteiger partial charge on any atom is -0.266 e. The molecular weight excluding hydrogens is 374 g/mol. The van der Waals surface area contributed by atoms with Crippen LogP contribution in [-0.2, 0) is 26.3 Å². The number of rotatable bonds is 3. The van der Waals surface area contributed by atoms with Crippen molar-refractivity contribution in [3.63, 3.8) is 0 Å². The van der Waals surface area contributed by atoms with Crippen LogP contribution >= 0.6 is 0 Å². The van der Waals surface area contributed by atoms with Crippen molar-refractivity contribution in [2.75, 3.05) is 22.4 Å². The second-order valence-corrected chi connectivity index (χ2v) is 11.0. The summed E-state index contributed by atoms with van der Waals surface area (Å²) in [7, 11) is -6.83. The Morgan fingerprint density at radius 3 is 2.62 bits per heavy atom. The molecule has 0 unspecified atom stereocenters. The van der Waals surface area contributed by atoms with Gasteiger partial charge in [0.1, 0.15) is 4.90 Å². The Bertz CT molecular complexity index is 1090. The fourth-order valence-electron chi connectivity index (χ4n) is 4.01. The maximum Gasteiger partial charge on any atom is 0.268 e. The molecule has 0 spiro atoms. The van der Waals surface area contributed by atoms with Crippen LogP contribution in [0.4, 0.5) is 5.69 Å². The van der Waals surface area contributed by atoms with E-state index in [-0.39, 0.29) is 22.4 Å². The van der Waals surface area contributed by atoms with Gasteiger partial charge in [-0.25, -0.2) is 16.8 Å². The molecule has 3 heterocycles. The summed E-state index contributed by atoms with van der Waals surface area (Å²) >= 11 is 0. The van der Waals surface area contributed by atoms with Crippen molar-refractivity contribution in [2.45, 2.75) is 37.6 Å². The van der Waals surface area contributed by atoms with Crippen LogP contribution in [0.5, 0.6) is 0 Å². The van der Waals surface area contributed by atoms with Gasteiger partial charge in [0.05, 0.1) is 34.6 Å². The molecule has 7 nitrogen and oxygen atoms in total. The molecule has 0 amide bonds. The van der Waals surface area contributed by atoms with Gasteiger partial charge >= 0.3 is 0 Å². The molecule has 0 bridgehead atoms. The van der Waals surface area contributed by atoms with Crippen molar-refractivity contribution in [1.29, 1.82) is 0 Å². The predicted octanol–water partition coefficient (Wildman–Crippen LogP) is 1.61. The minimum absolute atomic E-state index is 0.0149. The van der Waals surface area contributed by atoms with E-state index < -0.39 is 19.9 Å². The van der Waals surface area contributed by atoms with E-state index in [1.165, 1.54) is 4.31 Å². The first kappa shape index (κ1) is 17.5. The van der Waals surface area contributed by atoms with Gasteiger partial charge in [0.15, 0.2) is 9.84 Å². The highest BCUT2D eigenvalue weighted by molar-refractivity contribution is 7.93. The number of sulfone groups is 1. The van der Waals surface area contributed by atoms with Crippen LogP contribution < -0.4 is 4.31 Å². The van der Waals surface area contributed by atoms with Gasteiger partial charge in [0, 0.05) is 6.54 Å². The molecule has 1 aromatic carbocycles. The summed E-state index contributed by atoms with van der Waals surface area (Å²) in [5, 5.41) is 4.40. The monoisotopic (exact) mass is 395 g/mol. The Balaban J connectivity index is 1.77. The zero-order valence-corrected chi connectivity index (χ0v) is 16.3. The van der Waals surface area contributed by atoms with E-state index in [0.29, 0.717) is 36.5 Å². The quantitative estimate of drug-likeness (QED) is 0.788. The molecule has 0 N–H and O–H groups in total. The molecule has 1 atom stereocenters. The summed E-state index contributed by atoms with van der Waals surface area (Å²) in [4.78, 5) is 0.193.